The topological polar surface area (TPSA) is 96.0 Å². The van der Waals surface area contributed by atoms with Crippen molar-refractivity contribution in [1.29, 1.82) is 0 Å². The molecule has 0 spiro atoms. The van der Waals surface area contributed by atoms with Crippen molar-refractivity contribution in [2.45, 2.75) is 32.9 Å². The van der Waals surface area contributed by atoms with Crippen LogP contribution in [0.5, 0.6) is 0 Å². The fraction of sp³-hybridized carbons (Fsp3) is 0.438. The fourth-order valence-electron chi connectivity index (χ4n) is 2.39. The van der Waals surface area contributed by atoms with Gasteiger partial charge in [0.2, 0.25) is 5.91 Å². The molecule has 0 radical (unpaired) electrons. The van der Waals surface area contributed by atoms with E-state index >= 15 is 0 Å². The monoisotopic (exact) mass is 318 g/mol. The van der Waals surface area contributed by atoms with Crippen molar-refractivity contribution in [1.82, 2.24) is 20.4 Å². The zero-order chi connectivity index (χ0) is 16.8. The predicted octanol–water partition coefficient (Wildman–Crippen LogP) is 0.194. The van der Waals surface area contributed by atoms with Crippen molar-refractivity contribution in [3.8, 4) is 0 Å². The lowest BCUT2D eigenvalue weighted by molar-refractivity contribution is -0.121. The summed E-state index contributed by atoms with van der Waals surface area (Å²) < 4.78 is 1.19. The standard InChI is InChI=1S/C16H22N4O3/c1-3-17-11(2)10-18-14(21)8-9-20-16(23)13-7-5-4-6-12(13)15(22)19-20/h4-7,11,17H,3,8-10H2,1-2H3,(H,18,21)(H,19,22)/t11-/m1/s1. The number of amides is 1. The van der Waals surface area contributed by atoms with Gasteiger partial charge >= 0.3 is 0 Å². The highest BCUT2D eigenvalue weighted by molar-refractivity contribution is 5.80. The summed E-state index contributed by atoms with van der Waals surface area (Å²) in [6.45, 7) is 5.48. The molecule has 1 atom stereocenters. The maximum atomic E-state index is 12.3. The smallest absolute Gasteiger partial charge is 0.273 e. The number of aromatic nitrogens is 2. The van der Waals surface area contributed by atoms with Crippen LogP contribution in [0.25, 0.3) is 10.8 Å². The van der Waals surface area contributed by atoms with Crippen molar-refractivity contribution in [3.05, 3.63) is 45.0 Å². The molecule has 1 aromatic carbocycles. The van der Waals surface area contributed by atoms with Gasteiger partial charge in [-0.25, -0.2) is 4.68 Å². The van der Waals surface area contributed by atoms with Gasteiger partial charge in [-0.15, -0.1) is 0 Å². The number of likely N-dealkylation sites (N-methyl/N-ethyl adjacent to an activating group) is 1. The van der Waals surface area contributed by atoms with E-state index < -0.39 is 0 Å². The molecule has 0 aliphatic heterocycles. The third kappa shape index (κ3) is 4.29. The molecule has 0 aliphatic rings. The average molecular weight is 318 g/mol. The van der Waals surface area contributed by atoms with Crippen LogP contribution in [0.3, 0.4) is 0 Å². The van der Waals surface area contributed by atoms with Crippen molar-refractivity contribution < 1.29 is 4.79 Å². The molecule has 3 N–H and O–H groups in total. The Bertz CT molecular complexity index is 794. The van der Waals surface area contributed by atoms with Gasteiger partial charge in [-0.2, -0.15) is 0 Å². The Balaban J connectivity index is 2.03. The quantitative estimate of drug-likeness (QED) is 0.679. The minimum Gasteiger partial charge on any atom is -0.354 e. The van der Waals surface area contributed by atoms with Crippen LogP contribution in [0.1, 0.15) is 20.3 Å². The van der Waals surface area contributed by atoms with Crippen molar-refractivity contribution in [3.63, 3.8) is 0 Å². The first kappa shape index (κ1) is 17.0. The number of hydrogen-bond donors (Lipinski definition) is 3. The predicted molar refractivity (Wildman–Crippen MR) is 89.6 cm³/mol. The Hall–Kier alpha value is -2.41. The first-order valence-corrected chi connectivity index (χ1v) is 7.75. The van der Waals surface area contributed by atoms with E-state index in [1.807, 2.05) is 13.8 Å². The van der Waals surface area contributed by atoms with Gasteiger partial charge in [0.1, 0.15) is 0 Å². The minimum absolute atomic E-state index is 0.132. The Morgan fingerprint density at radius 3 is 2.65 bits per heavy atom. The third-order valence-electron chi connectivity index (χ3n) is 3.60. The highest BCUT2D eigenvalue weighted by Gasteiger charge is 2.09. The minimum atomic E-state index is -0.332. The van der Waals surface area contributed by atoms with Gasteiger partial charge in [0.15, 0.2) is 0 Å². The Labute approximate surface area is 133 Å². The molecule has 23 heavy (non-hydrogen) atoms. The number of benzene rings is 1. The molecular formula is C16H22N4O3. The summed E-state index contributed by atoms with van der Waals surface area (Å²) in [6, 6.07) is 6.83. The molecule has 2 rings (SSSR count). The second-order valence-corrected chi connectivity index (χ2v) is 5.46. The van der Waals surface area contributed by atoms with Crippen LogP contribution in [0, 0.1) is 0 Å². The van der Waals surface area contributed by atoms with Crippen molar-refractivity contribution in [2.24, 2.45) is 0 Å². The number of fused-ring (bicyclic) bond motifs is 1. The number of aromatic amines is 1. The molecule has 7 nitrogen and oxygen atoms in total. The zero-order valence-corrected chi connectivity index (χ0v) is 13.4. The zero-order valence-electron chi connectivity index (χ0n) is 13.4. The van der Waals surface area contributed by atoms with Crippen molar-refractivity contribution in [2.75, 3.05) is 13.1 Å². The van der Waals surface area contributed by atoms with Gasteiger partial charge in [-0.3, -0.25) is 19.5 Å². The second kappa shape index (κ2) is 7.73. The van der Waals surface area contributed by atoms with Crippen LogP contribution < -0.4 is 21.8 Å². The highest BCUT2D eigenvalue weighted by atomic mass is 16.2. The van der Waals surface area contributed by atoms with Gasteiger partial charge in [-0.05, 0) is 25.6 Å². The highest BCUT2D eigenvalue weighted by Crippen LogP contribution is 2.02. The number of aryl methyl sites for hydroxylation is 1. The van der Waals surface area contributed by atoms with E-state index in [4.69, 9.17) is 0 Å². The van der Waals surface area contributed by atoms with Crippen LogP contribution in [-0.2, 0) is 11.3 Å². The van der Waals surface area contributed by atoms with Gasteiger partial charge in [0.25, 0.3) is 11.1 Å². The summed E-state index contributed by atoms with van der Waals surface area (Å²) >= 11 is 0. The lowest BCUT2D eigenvalue weighted by atomic mass is 10.2. The number of carbonyl (C=O) groups excluding carboxylic acids is 1. The molecule has 124 valence electrons. The molecule has 0 saturated heterocycles. The summed E-state index contributed by atoms with van der Waals surface area (Å²) in [5, 5.41) is 9.23. The molecular weight excluding hydrogens is 296 g/mol. The molecule has 0 unspecified atom stereocenters. The second-order valence-electron chi connectivity index (χ2n) is 5.46. The molecule has 1 heterocycles. The van der Waals surface area contributed by atoms with Gasteiger partial charge < -0.3 is 10.6 Å². The number of H-pyrrole nitrogens is 1. The molecule has 0 fully saturated rings. The Kier molecular flexibility index (Phi) is 5.70. The summed E-state index contributed by atoms with van der Waals surface area (Å²) in [6.07, 6.45) is 0.132. The average Bonchev–Trinajstić information content (AvgIpc) is 2.55. The summed E-state index contributed by atoms with van der Waals surface area (Å²) in [7, 11) is 0. The lowest BCUT2D eigenvalue weighted by Crippen LogP contribution is -2.39. The normalized spacial score (nSPS) is 12.3. The Morgan fingerprint density at radius 1 is 1.26 bits per heavy atom. The first-order chi connectivity index (χ1) is 11.0. The summed E-state index contributed by atoms with van der Waals surface area (Å²) in [4.78, 5) is 36.1. The third-order valence-corrected chi connectivity index (χ3v) is 3.60. The molecule has 0 aliphatic carbocycles. The van der Waals surface area contributed by atoms with E-state index in [0.717, 1.165) is 6.54 Å². The molecule has 1 aromatic heterocycles. The number of hydrogen-bond acceptors (Lipinski definition) is 4. The number of rotatable bonds is 7. The largest absolute Gasteiger partial charge is 0.354 e. The van der Waals surface area contributed by atoms with E-state index in [9.17, 15) is 14.4 Å². The number of carbonyl (C=O) groups is 1. The lowest BCUT2D eigenvalue weighted by Gasteiger charge is -2.13. The van der Waals surface area contributed by atoms with E-state index in [1.165, 1.54) is 4.68 Å². The number of nitrogens with zero attached hydrogens (tertiary/aromatic N) is 1. The summed E-state index contributed by atoms with van der Waals surface area (Å²) in [5.74, 6) is -0.157. The SMILES string of the molecule is CCN[C@H](C)CNC(=O)CCn1[nH]c(=O)c2ccccc2c1=O. The summed E-state index contributed by atoms with van der Waals surface area (Å²) in [5.41, 5.74) is -0.629. The fourth-order valence-corrected chi connectivity index (χ4v) is 2.39. The van der Waals surface area contributed by atoms with E-state index in [-0.39, 0.29) is 36.0 Å². The van der Waals surface area contributed by atoms with Crippen molar-refractivity contribution >= 4 is 16.7 Å². The molecule has 0 bridgehead atoms. The van der Waals surface area contributed by atoms with Gasteiger partial charge in [-0.1, -0.05) is 19.1 Å². The molecule has 7 heteroatoms. The maximum Gasteiger partial charge on any atom is 0.273 e. The van der Waals surface area contributed by atoms with Gasteiger partial charge in [0.05, 0.1) is 17.3 Å². The van der Waals surface area contributed by atoms with Crippen LogP contribution in [-0.4, -0.2) is 34.8 Å². The Morgan fingerprint density at radius 2 is 1.96 bits per heavy atom. The van der Waals surface area contributed by atoms with Crippen LogP contribution in [0.4, 0.5) is 0 Å². The van der Waals surface area contributed by atoms with Crippen LogP contribution in [0.15, 0.2) is 33.9 Å². The van der Waals surface area contributed by atoms with Crippen LogP contribution in [0.2, 0.25) is 0 Å². The van der Waals surface area contributed by atoms with E-state index in [1.54, 1.807) is 24.3 Å². The van der Waals surface area contributed by atoms with E-state index in [0.29, 0.717) is 17.3 Å². The molecule has 1 amide bonds. The van der Waals surface area contributed by atoms with Gasteiger partial charge in [0, 0.05) is 19.0 Å². The van der Waals surface area contributed by atoms with E-state index in [2.05, 4.69) is 15.7 Å². The van der Waals surface area contributed by atoms with Crippen LogP contribution >= 0.6 is 0 Å². The first-order valence-electron chi connectivity index (χ1n) is 7.75. The number of nitrogens with one attached hydrogen (secondary N) is 3. The maximum absolute atomic E-state index is 12.3. The molecule has 2 aromatic rings. The molecule has 0 saturated carbocycles.